The van der Waals surface area contributed by atoms with Crippen molar-refractivity contribution in [3.63, 3.8) is 0 Å². The van der Waals surface area contributed by atoms with Crippen LogP contribution >= 0.6 is 0 Å². The third kappa shape index (κ3) is 6.38. The maximum atomic E-state index is 10.8. The van der Waals surface area contributed by atoms with Gasteiger partial charge in [0.1, 0.15) is 0 Å². The van der Waals surface area contributed by atoms with Gasteiger partial charge in [-0.15, -0.1) is 0 Å². The van der Waals surface area contributed by atoms with Gasteiger partial charge >= 0.3 is 11.9 Å². The lowest BCUT2D eigenvalue weighted by Gasteiger charge is -2.05. The lowest BCUT2D eigenvalue weighted by Crippen LogP contribution is -2.24. The van der Waals surface area contributed by atoms with Crippen LogP contribution in [0.3, 0.4) is 0 Å². The monoisotopic (exact) mass is 206 g/mol. The Kier molecular flexibility index (Phi) is 6.69. The predicted octanol–water partition coefficient (Wildman–Crippen LogP) is -0.862. The van der Waals surface area contributed by atoms with Crippen molar-refractivity contribution < 1.29 is 29.6 Å². The smallest absolute Gasteiger partial charge is 0.333 e. The highest BCUT2D eigenvalue weighted by Gasteiger charge is 2.18. The zero-order valence-electron chi connectivity index (χ0n) is 7.68. The third-order valence-electron chi connectivity index (χ3n) is 1.46. The Morgan fingerprint density at radius 1 is 1.29 bits per heavy atom. The molecule has 0 bridgehead atoms. The van der Waals surface area contributed by atoms with Gasteiger partial charge in [-0.2, -0.15) is 0 Å². The van der Waals surface area contributed by atoms with Crippen molar-refractivity contribution in [1.29, 1.82) is 0 Å². The molecule has 0 aromatic rings. The van der Waals surface area contributed by atoms with Crippen LogP contribution in [0.1, 0.15) is 19.3 Å². The van der Waals surface area contributed by atoms with Gasteiger partial charge in [0.25, 0.3) is 0 Å². The molecule has 6 heteroatoms. The van der Waals surface area contributed by atoms with Gasteiger partial charge in [0, 0.05) is 6.61 Å². The van der Waals surface area contributed by atoms with Gasteiger partial charge in [-0.1, -0.05) is 0 Å². The molecule has 0 aromatic carbocycles. The summed E-state index contributed by atoms with van der Waals surface area (Å²) in [7, 11) is 0. The van der Waals surface area contributed by atoms with Crippen molar-refractivity contribution in [3.05, 3.63) is 0 Å². The SMILES string of the molecule is O=C(CC(O)C(=O)O)OCCCCO. The van der Waals surface area contributed by atoms with Crippen molar-refractivity contribution in [1.82, 2.24) is 0 Å². The first kappa shape index (κ1) is 12.9. The summed E-state index contributed by atoms with van der Waals surface area (Å²) >= 11 is 0. The van der Waals surface area contributed by atoms with Gasteiger partial charge in [0.15, 0.2) is 6.10 Å². The van der Waals surface area contributed by atoms with Crippen molar-refractivity contribution >= 4 is 11.9 Å². The predicted molar refractivity (Wildman–Crippen MR) is 45.5 cm³/mol. The van der Waals surface area contributed by atoms with E-state index < -0.39 is 24.5 Å². The van der Waals surface area contributed by atoms with Crippen LogP contribution in [0.25, 0.3) is 0 Å². The molecule has 1 atom stereocenters. The van der Waals surface area contributed by atoms with Gasteiger partial charge < -0.3 is 20.1 Å². The summed E-state index contributed by atoms with van der Waals surface area (Å²) in [6.07, 6.45) is -1.21. The molecule has 14 heavy (non-hydrogen) atoms. The van der Waals surface area contributed by atoms with Crippen LogP contribution < -0.4 is 0 Å². The molecule has 0 amide bonds. The van der Waals surface area contributed by atoms with E-state index >= 15 is 0 Å². The fraction of sp³-hybridized carbons (Fsp3) is 0.750. The number of aliphatic hydroxyl groups excluding tert-OH is 2. The molecule has 0 fully saturated rings. The number of rotatable bonds is 7. The van der Waals surface area contributed by atoms with Crippen molar-refractivity contribution in [2.75, 3.05) is 13.2 Å². The zero-order valence-corrected chi connectivity index (χ0v) is 7.68. The molecule has 0 aliphatic carbocycles. The molecule has 0 saturated heterocycles. The second-order valence-corrected chi connectivity index (χ2v) is 2.71. The molecule has 0 saturated carbocycles. The Bertz CT molecular complexity index is 190. The van der Waals surface area contributed by atoms with Crippen LogP contribution in [0.4, 0.5) is 0 Å². The summed E-state index contributed by atoms with van der Waals surface area (Å²) in [6, 6.07) is 0. The summed E-state index contributed by atoms with van der Waals surface area (Å²) in [5.74, 6) is -2.20. The Morgan fingerprint density at radius 2 is 1.93 bits per heavy atom. The van der Waals surface area contributed by atoms with Crippen LogP contribution in [-0.2, 0) is 14.3 Å². The van der Waals surface area contributed by atoms with Crippen LogP contribution in [0.2, 0.25) is 0 Å². The molecule has 0 spiro atoms. The van der Waals surface area contributed by atoms with Gasteiger partial charge in [0.05, 0.1) is 13.0 Å². The van der Waals surface area contributed by atoms with Crippen molar-refractivity contribution in [2.24, 2.45) is 0 Å². The van der Waals surface area contributed by atoms with Crippen molar-refractivity contribution in [2.45, 2.75) is 25.4 Å². The maximum Gasteiger partial charge on any atom is 0.333 e. The first-order chi connectivity index (χ1) is 6.57. The molecule has 0 heterocycles. The first-order valence-corrected chi connectivity index (χ1v) is 4.25. The van der Waals surface area contributed by atoms with Crippen LogP contribution in [0.15, 0.2) is 0 Å². The van der Waals surface area contributed by atoms with Gasteiger partial charge in [-0.25, -0.2) is 4.79 Å². The topological polar surface area (TPSA) is 104 Å². The Labute approximate surface area is 81.1 Å². The van der Waals surface area contributed by atoms with E-state index in [1.54, 1.807) is 0 Å². The first-order valence-electron chi connectivity index (χ1n) is 4.25. The number of carbonyl (C=O) groups is 2. The second kappa shape index (κ2) is 7.28. The lowest BCUT2D eigenvalue weighted by atomic mass is 10.2. The number of carboxylic acids is 1. The van der Waals surface area contributed by atoms with E-state index in [9.17, 15) is 9.59 Å². The van der Waals surface area contributed by atoms with E-state index in [4.69, 9.17) is 15.3 Å². The summed E-state index contributed by atoms with van der Waals surface area (Å²) < 4.78 is 4.59. The molecule has 82 valence electrons. The quantitative estimate of drug-likeness (QED) is 0.370. The normalized spacial score (nSPS) is 12.1. The number of aliphatic carboxylic acids is 1. The number of hydrogen-bond acceptors (Lipinski definition) is 5. The number of unbranched alkanes of at least 4 members (excludes halogenated alkanes) is 1. The molecule has 3 N–H and O–H groups in total. The van der Waals surface area contributed by atoms with E-state index in [1.165, 1.54) is 0 Å². The standard InChI is InChI=1S/C8H14O6/c9-3-1-2-4-14-7(11)5-6(10)8(12)13/h6,9-10H,1-5H2,(H,12,13). The van der Waals surface area contributed by atoms with E-state index in [-0.39, 0.29) is 13.2 Å². The minimum atomic E-state index is -1.71. The molecule has 0 aliphatic heterocycles. The molecule has 0 rings (SSSR count). The highest BCUT2D eigenvalue weighted by molar-refractivity contribution is 5.80. The highest BCUT2D eigenvalue weighted by atomic mass is 16.5. The minimum absolute atomic E-state index is 0.0231. The van der Waals surface area contributed by atoms with Crippen LogP contribution in [0.5, 0.6) is 0 Å². The second-order valence-electron chi connectivity index (χ2n) is 2.71. The molecule has 1 unspecified atom stereocenters. The Hall–Kier alpha value is -1.14. The van der Waals surface area contributed by atoms with Crippen LogP contribution in [0, 0.1) is 0 Å². The number of carbonyl (C=O) groups excluding carboxylic acids is 1. The maximum absolute atomic E-state index is 10.8. The van der Waals surface area contributed by atoms with E-state index in [2.05, 4.69) is 4.74 Å². The Balaban J connectivity index is 3.50. The van der Waals surface area contributed by atoms with Gasteiger partial charge in [-0.05, 0) is 12.8 Å². The summed E-state index contributed by atoms with van der Waals surface area (Å²) in [4.78, 5) is 20.9. The molecular formula is C8H14O6. The zero-order chi connectivity index (χ0) is 11.0. The number of hydrogen-bond donors (Lipinski definition) is 3. The van der Waals surface area contributed by atoms with E-state index in [0.717, 1.165) is 0 Å². The number of ether oxygens (including phenoxy) is 1. The molecule has 6 nitrogen and oxygen atoms in total. The molecular weight excluding hydrogens is 192 g/mol. The summed E-state index contributed by atoms with van der Waals surface area (Å²) in [5, 5.41) is 25.4. The van der Waals surface area contributed by atoms with Crippen LogP contribution in [-0.4, -0.2) is 46.6 Å². The molecule has 0 aliphatic rings. The largest absolute Gasteiger partial charge is 0.479 e. The number of esters is 1. The fourth-order valence-electron chi connectivity index (χ4n) is 0.704. The lowest BCUT2D eigenvalue weighted by molar-refractivity contribution is -0.155. The molecule has 0 aromatic heterocycles. The van der Waals surface area contributed by atoms with Gasteiger partial charge in [-0.3, -0.25) is 4.79 Å². The van der Waals surface area contributed by atoms with E-state index in [0.29, 0.717) is 12.8 Å². The highest BCUT2D eigenvalue weighted by Crippen LogP contribution is 1.96. The number of carboxylic acid groups (broad SMARTS) is 1. The summed E-state index contributed by atoms with van der Waals surface area (Å²) in [5.41, 5.74) is 0. The van der Waals surface area contributed by atoms with E-state index in [1.807, 2.05) is 0 Å². The van der Waals surface area contributed by atoms with Crippen molar-refractivity contribution in [3.8, 4) is 0 Å². The fourth-order valence-corrected chi connectivity index (χ4v) is 0.704. The third-order valence-corrected chi connectivity index (χ3v) is 1.46. The Morgan fingerprint density at radius 3 is 2.43 bits per heavy atom. The average molecular weight is 206 g/mol. The average Bonchev–Trinajstić information content (AvgIpc) is 2.12. The number of aliphatic hydroxyl groups is 2. The summed E-state index contributed by atoms with van der Waals surface area (Å²) in [6.45, 7) is 0.154. The minimum Gasteiger partial charge on any atom is -0.479 e. The van der Waals surface area contributed by atoms with Gasteiger partial charge in [0.2, 0.25) is 0 Å². The molecule has 0 radical (unpaired) electrons.